The summed E-state index contributed by atoms with van der Waals surface area (Å²) in [7, 11) is 0. The molecule has 0 saturated heterocycles. The molecule has 1 fully saturated rings. The van der Waals surface area contributed by atoms with Gasteiger partial charge < -0.3 is 19.9 Å². The highest BCUT2D eigenvalue weighted by Gasteiger charge is 2.30. The Kier molecular flexibility index (Phi) is 6.86. The van der Waals surface area contributed by atoms with Gasteiger partial charge in [0.1, 0.15) is 16.1 Å². The van der Waals surface area contributed by atoms with Crippen molar-refractivity contribution in [3.05, 3.63) is 56.5 Å². The Balaban J connectivity index is 1.21. The number of aryl methyl sites for hydroxylation is 1. The van der Waals surface area contributed by atoms with Crippen molar-refractivity contribution in [1.82, 2.24) is 15.2 Å². The molecule has 0 atom stereocenters. The fraction of sp³-hybridized carbons (Fsp3) is 0.481. The third-order valence-corrected chi connectivity index (χ3v) is 9.95. The van der Waals surface area contributed by atoms with Crippen LogP contribution in [0, 0.1) is 0 Å². The second-order valence-corrected chi connectivity index (χ2v) is 12.0. The first-order chi connectivity index (χ1) is 17.7. The van der Waals surface area contributed by atoms with Crippen molar-refractivity contribution in [2.45, 2.75) is 77.0 Å². The van der Waals surface area contributed by atoms with Crippen LogP contribution in [0.1, 0.15) is 75.3 Å². The molecule has 1 aliphatic heterocycles. The van der Waals surface area contributed by atoms with E-state index < -0.39 is 0 Å². The topological polar surface area (TPSA) is 84.4 Å². The van der Waals surface area contributed by atoms with Gasteiger partial charge in [0.25, 0.3) is 0 Å². The second-order valence-electron chi connectivity index (χ2n) is 9.84. The van der Waals surface area contributed by atoms with Crippen molar-refractivity contribution in [1.29, 1.82) is 0 Å². The summed E-state index contributed by atoms with van der Waals surface area (Å²) in [5, 5.41) is 11.3. The number of esters is 1. The van der Waals surface area contributed by atoms with Gasteiger partial charge in [0, 0.05) is 40.8 Å². The minimum absolute atomic E-state index is 0.00434. The predicted octanol–water partition coefficient (Wildman–Crippen LogP) is 5.55. The zero-order valence-corrected chi connectivity index (χ0v) is 22.0. The molecule has 0 unspecified atom stereocenters. The van der Waals surface area contributed by atoms with Crippen molar-refractivity contribution in [2.75, 3.05) is 11.9 Å². The number of hydrogen-bond acceptors (Lipinski definition) is 6. The molecule has 3 aliphatic rings. The number of hydrogen-bond donors (Lipinski definition) is 3. The van der Waals surface area contributed by atoms with Gasteiger partial charge in [-0.3, -0.25) is 5.32 Å². The molecule has 190 valence electrons. The number of amides is 2. The molecule has 0 aromatic carbocycles. The quantitative estimate of drug-likeness (QED) is 0.370. The third kappa shape index (κ3) is 4.71. The van der Waals surface area contributed by atoms with Gasteiger partial charge in [0.05, 0.1) is 5.56 Å². The first kappa shape index (κ1) is 23.8. The zero-order chi connectivity index (χ0) is 24.5. The molecule has 2 amide bonds. The monoisotopic (exact) mass is 524 g/mol. The molecule has 6 rings (SSSR count). The Morgan fingerprint density at radius 2 is 1.81 bits per heavy atom. The molecule has 3 aromatic heterocycles. The van der Waals surface area contributed by atoms with Crippen molar-refractivity contribution in [2.24, 2.45) is 0 Å². The smallest absolute Gasteiger partial charge is 0.341 e. The van der Waals surface area contributed by atoms with Crippen LogP contribution in [-0.2, 0) is 37.1 Å². The summed E-state index contributed by atoms with van der Waals surface area (Å²) in [5.41, 5.74) is 4.19. The lowest BCUT2D eigenvalue weighted by Crippen LogP contribution is -2.30. The number of nitrogens with zero attached hydrogens (tertiary/aromatic N) is 1. The molecule has 2 aliphatic carbocycles. The van der Waals surface area contributed by atoms with Gasteiger partial charge in [-0.15, -0.1) is 22.7 Å². The highest BCUT2D eigenvalue weighted by atomic mass is 32.1. The number of urea groups is 1. The first-order valence-electron chi connectivity index (χ1n) is 13.0. The van der Waals surface area contributed by atoms with E-state index in [1.165, 1.54) is 20.9 Å². The fourth-order valence-electron chi connectivity index (χ4n) is 5.65. The second kappa shape index (κ2) is 10.4. The van der Waals surface area contributed by atoms with Crippen LogP contribution in [0.5, 0.6) is 0 Å². The van der Waals surface area contributed by atoms with Gasteiger partial charge >= 0.3 is 12.0 Å². The SMILES string of the molecule is O=C(NCc1c(-n2cccc2)sc2c1CCNC2)Nc1sc2c(c1C(=O)OC1CCCC1)CCCC2. The van der Waals surface area contributed by atoms with E-state index in [1.807, 2.05) is 24.5 Å². The lowest BCUT2D eigenvalue weighted by molar-refractivity contribution is 0.0318. The Bertz CT molecular complexity index is 1250. The summed E-state index contributed by atoms with van der Waals surface area (Å²) in [6, 6.07) is 3.76. The van der Waals surface area contributed by atoms with Gasteiger partial charge in [0.2, 0.25) is 0 Å². The highest BCUT2D eigenvalue weighted by molar-refractivity contribution is 7.17. The minimum Gasteiger partial charge on any atom is -0.459 e. The van der Waals surface area contributed by atoms with E-state index in [0.717, 1.165) is 81.4 Å². The molecular formula is C27H32N4O3S2. The lowest BCUT2D eigenvalue weighted by Gasteiger charge is -2.16. The number of aromatic nitrogens is 1. The van der Waals surface area contributed by atoms with E-state index in [-0.39, 0.29) is 18.1 Å². The molecule has 3 aromatic rings. The van der Waals surface area contributed by atoms with Crippen LogP contribution >= 0.6 is 22.7 Å². The summed E-state index contributed by atoms with van der Waals surface area (Å²) in [6.45, 7) is 2.26. The van der Waals surface area contributed by atoms with Crippen LogP contribution in [0.3, 0.4) is 0 Å². The van der Waals surface area contributed by atoms with Crippen molar-refractivity contribution >= 4 is 39.7 Å². The van der Waals surface area contributed by atoms with Crippen LogP contribution in [-0.4, -0.2) is 29.2 Å². The highest BCUT2D eigenvalue weighted by Crippen LogP contribution is 2.39. The molecule has 0 bridgehead atoms. The van der Waals surface area contributed by atoms with E-state index in [1.54, 1.807) is 22.7 Å². The van der Waals surface area contributed by atoms with Crippen LogP contribution in [0.2, 0.25) is 0 Å². The average Bonchev–Trinajstić information content (AvgIpc) is 3.68. The normalized spacial score (nSPS) is 17.4. The standard InChI is InChI=1S/C27H32N4O3S2/c32-26(34-17-7-1-2-8-17)23-19-9-3-4-10-21(19)35-24(23)30-27(33)29-15-20-18-11-12-28-16-22(18)36-25(20)31-13-5-6-14-31/h5-6,13-14,17,28H,1-4,7-12,15-16H2,(H2,29,30,33). The summed E-state index contributed by atoms with van der Waals surface area (Å²) < 4.78 is 8.00. The minimum atomic E-state index is -0.282. The number of ether oxygens (including phenoxy) is 1. The van der Waals surface area contributed by atoms with E-state index in [9.17, 15) is 9.59 Å². The van der Waals surface area contributed by atoms with Gasteiger partial charge in [0.15, 0.2) is 0 Å². The Hall–Kier alpha value is -2.62. The largest absolute Gasteiger partial charge is 0.459 e. The maximum Gasteiger partial charge on any atom is 0.341 e. The molecule has 1 saturated carbocycles. The number of anilines is 1. The maximum atomic E-state index is 13.2. The van der Waals surface area contributed by atoms with Crippen LogP contribution in [0.4, 0.5) is 9.80 Å². The average molecular weight is 525 g/mol. The molecule has 4 heterocycles. The number of carbonyl (C=O) groups excluding carboxylic acids is 2. The number of rotatable bonds is 6. The molecule has 0 spiro atoms. The van der Waals surface area contributed by atoms with Crippen molar-refractivity contribution in [3.63, 3.8) is 0 Å². The van der Waals surface area contributed by atoms with Gasteiger partial charge in [-0.05, 0) is 87.6 Å². The van der Waals surface area contributed by atoms with Crippen molar-refractivity contribution < 1.29 is 14.3 Å². The third-order valence-electron chi connectivity index (χ3n) is 7.46. The van der Waals surface area contributed by atoms with Crippen LogP contribution in [0.25, 0.3) is 5.00 Å². The summed E-state index contributed by atoms with van der Waals surface area (Å²) >= 11 is 3.33. The fourth-order valence-corrected chi connectivity index (χ4v) is 8.22. The van der Waals surface area contributed by atoms with E-state index in [4.69, 9.17) is 4.74 Å². The molecule has 3 N–H and O–H groups in total. The number of fused-ring (bicyclic) bond motifs is 2. The van der Waals surface area contributed by atoms with Gasteiger partial charge in [-0.25, -0.2) is 9.59 Å². The molecule has 7 nitrogen and oxygen atoms in total. The zero-order valence-electron chi connectivity index (χ0n) is 20.4. The molecule has 0 radical (unpaired) electrons. The van der Waals surface area contributed by atoms with Crippen molar-refractivity contribution in [3.8, 4) is 5.00 Å². The first-order valence-corrected chi connectivity index (χ1v) is 14.7. The van der Waals surface area contributed by atoms with E-state index in [2.05, 4.69) is 20.5 Å². The molecule has 36 heavy (non-hydrogen) atoms. The van der Waals surface area contributed by atoms with Gasteiger partial charge in [-0.1, -0.05) is 0 Å². The molecular weight excluding hydrogens is 492 g/mol. The van der Waals surface area contributed by atoms with Gasteiger partial charge in [-0.2, -0.15) is 0 Å². The number of nitrogens with one attached hydrogen (secondary N) is 3. The Morgan fingerprint density at radius 3 is 2.64 bits per heavy atom. The van der Waals surface area contributed by atoms with Crippen LogP contribution < -0.4 is 16.0 Å². The lowest BCUT2D eigenvalue weighted by atomic mass is 9.95. The van der Waals surface area contributed by atoms with Crippen LogP contribution in [0.15, 0.2) is 24.5 Å². The van der Waals surface area contributed by atoms with E-state index >= 15 is 0 Å². The Labute approximate surface area is 219 Å². The Morgan fingerprint density at radius 1 is 1.00 bits per heavy atom. The number of thiophene rings is 2. The maximum absolute atomic E-state index is 13.2. The number of carbonyl (C=O) groups is 2. The van der Waals surface area contributed by atoms with E-state index in [0.29, 0.717) is 17.1 Å². The predicted molar refractivity (Wildman–Crippen MR) is 144 cm³/mol. The summed E-state index contributed by atoms with van der Waals surface area (Å²) in [5.74, 6) is -0.272. The molecule has 9 heteroatoms. The summed E-state index contributed by atoms with van der Waals surface area (Å²) in [6.07, 6.45) is 13.2. The summed E-state index contributed by atoms with van der Waals surface area (Å²) in [4.78, 5) is 28.9.